The third kappa shape index (κ3) is 14.7. The van der Waals surface area contributed by atoms with Crippen molar-refractivity contribution in [3.05, 3.63) is 0 Å². The van der Waals surface area contributed by atoms with Gasteiger partial charge in [0.15, 0.2) is 0 Å². The number of carboxylic acid groups (broad SMARTS) is 1. The summed E-state index contributed by atoms with van der Waals surface area (Å²) in [5, 5.41) is 11.0. The van der Waals surface area contributed by atoms with Crippen molar-refractivity contribution in [1.82, 2.24) is 5.32 Å². The maximum Gasteiger partial charge on any atom is 0.308 e. The second kappa shape index (κ2) is 14.3. The summed E-state index contributed by atoms with van der Waals surface area (Å²) in [6.07, 6.45) is 0.702. The minimum Gasteiger partial charge on any atom is -0.481 e. The Hall–Kier alpha value is -1.67. The molecule has 0 fully saturated rings. The summed E-state index contributed by atoms with van der Waals surface area (Å²) in [5.41, 5.74) is 0. The number of aliphatic carboxylic acids is 1. The van der Waals surface area contributed by atoms with E-state index in [1.54, 1.807) is 6.92 Å². The Labute approximate surface area is 130 Å². The van der Waals surface area contributed by atoms with Gasteiger partial charge >= 0.3 is 11.9 Å². The molecule has 0 aliphatic carbocycles. The second-order valence-electron chi connectivity index (χ2n) is 4.38. The van der Waals surface area contributed by atoms with Gasteiger partial charge in [0, 0.05) is 19.6 Å². The number of amides is 1. The van der Waals surface area contributed by atoms with E-state index in [0.29, 0.717) is 46.0 Å². The average molecular weight is 319 g/mol. The number of ether oxygens (including phenoxy) is 3. The fourth-order valence-corrected chi connectivity index (χ4v) is 1.42. The van der Waals surface area contributed by atoms with Crippen LogP contribution in [0.4, 0.5) is 0 Å². The number of nitrogens with one attached hydrogen (secondary N) is 1. The molecular weight excluding hydrogens is 294 g/mol. The van der Waals surface area contributed by atoms with Crippen LogP contribution in [-0.2, 0) is 28.6 Å². The van der Waals surface area contributed by atoms with Gasteiger partial charge in [-0.25, -0.2) is 0 Å². The molecule has 0 aliphatic heterocycles. The molecule has 8 heteroatoms. The van der Waals surface area contributed by atoms with E-state index in [1.807, 2.05) is 0 Å². The normalized spacial score (nSPS) is 10.2. The molecule has 22 heavy (non-hydrogen) atoms. The maximum absolute atomic E-state index is 11.2. The first-order chi connectivity index (χ1) is 10.6. The number of hydrogen-bond donors (Lipinski definition) is 2. The molecule has 0 unspecified atom stereocenters. The van der Waals surface area contributed by atoms with E-state index in [-0.39, 0.29) is 31.1 Å². The molecule has 0 aromatic heterocycles. The van der Waals surface area contributed by atoms with Crippen molar-refractivity contribution in [3.63, 3.8) is 0 Å². The average Bonchev–Trinajstić information content (AvgIpc) is 2.47. The predicted molar refractivity (Wildman–Crippen MR) is 77.4 cm³/mol. The lowest BCUT2D eigenvalue weighted by molar-refractivity contribution is -0.144. The minimum absolute atomic E-state index is 0.00943. The van der Waals surface area contributed by atoms with Gasteiger partial charge in [0.25, 0.3) is 0 Å². The van der Waals surface area contributed by atoms with Crippen molar-refractivity contribution in [2.75, 3.05) is 39.6 Å². The van der Waals surface area contributed by atoms with Gasteiger partial charge < -0.3 is 24.6 Å². The van der Waals surface area contributed by atoms with Crippen LogP contribution in [0.5, 0.6) is 0 Å². The fourth-order valence-electron chi connectivity index (χ4n) is 1.42. The zero-order valence-electron chi connectivity index (χ0n) is 13.0. The summed E-state index contributed by atoms with van der Waals surface area (Å²) >= 11 is 0. The van der Waals surface area contributed by atoms with E-state index < -0.39 is 5.97 Å². The molecule has 0 spiro atoms. The molecule has 1 amide bonds. The molecule has 0 heterocycles. The first-order valence-electron chi connectivity index (χ1n) is 7.35. The highest BCUT2D eigenvalue weighted by molar-refractivity contribution is 5.80. The van der Waals surface area contributed by atoms with Gasteiger partial charge in [0.1, 0.15) is 0 Å². The molecule has 0 atom stereocenters. The van der Waals surface area contributed by atoms with Gasteiger partial charge in [0.05, 0.1) is 39.3 Å². The van der Waals surface area contributed by atoms with Crippen molar-refractivity contribution in [2.45, 2.75) is 32.6 Å². The largest absolute Gasteiger partial charge is 0.481 e. The molecule has 0 aromatic rings. The first kappa shape index (κ1) is 20.3. The molecule has 2 N–H and O–H groups in total. The van der Waals surface area contributed by atoms with Crippen LogP contribution in [0.15, 0.2) is 0 Å². The molecule has 0 saturated carbocycles. The minimum atomic E-state index is -0.985. The molecular formula is C14H25NO7. The van der Waals surface area contributed by atoms with Crippen molar-refractivity contribution >= 4 is 17.8 Å². The summed E-state index contributed by atoms with van der Waals surface area (Å²) in [6, 6.07) is 0. The van der Waals surface area contributed by atoms with Gasteiger partial charge in [-0.3, -0.25) is 14.4 Å². The molecule has 0 bridgehead atoms. The Bertz CT molecular complexity index is 333. The first-order valence-corrected chi connectivity index (χ1v) is 7.35. The van der Waals surface area contributed by atoms with E-state index >= 15 is 0 Å². The molecule has 8 nitrogen and oxygen atoms in total. The zero-order chi connectivity index (χ0) is 16.6. The fraction of sp³-hybridized carbons (Fsp3) is 0.786. The van der Waals surface area contributed by atoms with Crippen LogP contribution in [0, 0.1) is 0 Å². The SMILES string of the molecule is CCOC(=O)CCOCCOCCCNC(=O)CCC(=O)O. The van der Waals surface area contributed by atoms with Crippen molar-refractivity contribution in [3.8, 4) is 0 Å². The van der Waals surface area contributed by atoms with E-state index in [4.69, 9.17) is 19.3 Å². The molecule has 0 aromatic carbocycles. The van der Waals surface area contributed by atoms with Crippen LogP contribution < -0.4 is 5.32 Å². The van der Waals surface area contributed by atoms with Crippen LogP contribution in [0.1, 0.15) is 32.6 Å². The quantitative estimate of drug-likeness (QED) is 0.351. The van der Waals surface area contributed by atoms with Crippen LogP contribution >= 0.6 is 0 Å². The smallest absolute Gasteiger partial charge is 0.308 e. The van der Waals surface area contributed by atoms with Crippen LogP contribution in [0.3, 0.4) is 0 Å². The Morgan fingerprint density at radius 3 is 2.27 bits per heavy atom. The van der Waals surface area contributed by atoms with E-state index in [9.17, 15) is 14.4 Å². The lowest BCUT2D eigenvalue weighted by atomic mass is 10.3. The maximum atomic E-state index is 11.2. The summed E-state index contributed by atoms with van der Waals surface area (Å²) in [7, 11) is 0. The lowest BCUT2D eigenvalue weighted by Gasteiger charge is -2.07. The summed E-state index contributed by atoms with van der Waals surface area (Å²) < 4.78 is 15.2. The Morgan fingerprint density at radius 1 is 0.955 bits per heavy atom. The van der Waals surface area contributed by atoms with Crippen molar-refractivity contribution < 1.29 is 33.7 Å². The third-order valence-electron chi connectivity index (χ3n) is 2.48. The van der Waals surface area contributed by atoms with Gasteiger partial charge in [-0.2, -0.15) is 0 Å². The number of rotatable bonds is 14. The van der Waals surface area contributed by atoms with Crippen LogP contribution in [0.25, 0.3) is 0 Å². The highest BCUT2D eigenvalue weighted by atomic mass is 16.5. The lowest BCUT2D eigenvalue weighted by Crippen LogP contribution is -2.25. The Morgan fingerprint density at radius 2 is 1.64 bits per heavy atom. The number of carboxylic acids is 1. The van der Waals surface area contributed by atoms with Gasteiger partial charge in [-0.05, 0) is 13.3 Å². The van der Waals surface area contributed by atoms with E-state index in [2.05, 4.69) is 5.32 Å². The molecule has 128 valence electrons. The predicted octanol–water partition coefficient (Wildman–Crippen LogP) is 0.344. The molecule has 0 rings (SSSR count). The number of carbonyl (C=O) groups excluding carboxylic acids is 2. The molecule has 0 aliphatic rings. The van der Waals surface area contributed by atoms with Crippen molar-refractivity contribution in [2.24, 2.45) is 0 Å². The van der Waals surface area contributed by atoms with Gasteiger partial charge in [-0.1, -0.05) is 0 Å². The summed E-state index contributed by atoms with van der Waals surface area (Å²) in [4.78, 5) is 32.4. The van der Waals surface area contributed by atoms with E-state index in [1.165, 1.54) is 0 Å². The van der Waals surface area contributed by atoms with Crippen LogP contribution in [-0.4, -0.2) is 62.5 Å². The van der Waals surface area contributed by atoms with Crippen LogP contribution in [0.2, 0.25) is 0 Å². The van der Waals surface area contributed by atoms with Crippen molar-refractivity contribution in [1.29, 1.82) is 0 Å². The van der Waals surface area contributed by atoms with Gasteiger partial charge in [0.2, 0.25) is 5.91 Å². The summed E-state index contributed by atoms with van der Waals surface area (Å²) in [5.74, 6) is -1.53. The Kier molecular flexibility index (Phi) is 13.2. The topological polar surface area (TPSA) is 111 Å². The number of carbonyl (C=O) groups is 3. The molecule has 0 saturated heterocycles. The zero-order valence-corrected chi connectivity index (χ0v) is 13.0. The monoisotopic (exact) mass is 319 g/mol. The van der Waals surface area contributed by atoms with Gasteiger partial charge in [-0.15, -0.1) is 0 Å². The third-order valence-corrected chi connectivity index (χ3v) is 2.48. The second-order valence-corrected chi connectivity index (χ2v) is 4.38. The Balaban J connectivity index is 3.22. The van der Waals surface area contributed by atoms with E-state index in [0.717, 1.165) is 0 Å². The number of hydrogen-bond acceptors (Lipinski definition) is 6. The summed E-state index contributed by atoms with van der Waals surface area (Å²) in [6.45, 7) is 4.15. The molecule has 0 radical (unpaired) electrons. The standard InChI is InChI=1S/C14H25NO7/c1-2-22-14(19)6-9-21-11-10-20-8-3-7-15-12(16)4-5-13(17)18/h2-11H2,1H3,(H,15,16)(H,17,18). The highest BCUT2D eigenvalue weighted by Gasteiger charge is 2.04. The number of esters is 1. The highest BCUT2D eigenvalue weighted by Crippen LogP contribution is 1.90.